The van der Waals surface area contributed by atoms with Gasteiger partial charge >= 0.3 is 0 Å². The SMILES string of the molecule is O=C(CCc1ccco1)Nc1cccnc1N1CCC(CO)CC1. The number of aromatic nitrogens is 1. The van der Waals surface area contributed by atoms with Gasteiger partial charge in [0.1, 0.15) is 5.76 Å². The molecule has 0 atom stereocenters. The van der Waals surface area contributed by atoms with E-state index in [0.29, 0.717) is 18.8 Å². The van der Waals surface area contributed by atoms with Crippen LogP contribution in [-0.4, -0.2) is 35.7 Å². The van der Waals surface area contributed by atoms with Crippen LogP contribution >= 0.6 is 0 Å². The Morgan fingerprint density at radius 3 is 2.88 bits per heavy atom. The number of nitrogens with zero attached hydrogens (tertiary/aromatic N) is 2. The summed E-state index contributed by atoms with van der Waals surface area (Å²) in [5, 5.41) is 12.2. The fourth-order valence-electron chi connectivity index (χ4n) is 2.98. The highest BCUT2D eigenvalue weighted by atomic mass is 16.3. The Balaban J connectivity index is 1.60. The Bertz CT molecular complexity index is 649. The Morgan fingerprint density at radius 2 is 2.17 bits per heavy atom. The minimum Gasteiger partial charge on any atom is -0.469 e. The minimum atomic E-state index is -0.0501. The van der Waals surface area contributed by atoms with Gasteiger partial charge in [-0.2, -0.15) is 0 Å². The van der Waals surface area contributed by atoms with E-state index in [-0.39, 0.29) is 12.5 Å². The molecule has 0 spiro atoms. The topological polar surface area (TPSA) is 78.6 Å². The van der Waals surface area contributed by atoms with Crippen LogP contribution in [0.4, 0.5) is 11.5 Å². The van der Waals surface area contributed by atoms with E-state index in [9.17, 15) is 9.90 Å². The van der Waals surface area contributed by atoms with Crippen LogP contribution in [0.1, 0.15) is 25.0 Å². The quantitative estimate of drug-likeness (QED) is 0.851. The number of furan rings is 1. The number of aliphatic hydroxyl groups is 1. The standard InChI is InChI=1S/C18H23N3O3/c22-13-14-7-10-21(11-8-14)18-16(4-1-9-19-18)20-17(23)6-5-15-3-2-12-24-15/h1-4,9,12,14,22H,5-8,10-11,13H2,(H,20,23). The molecule has 128 valence electrons. The van der Waals surface area contributed by atoms with Gasteiger partial charge in [-0.3, -0.25) is 4.79 Å². The molecule has 0 aromatic carbocycles. The van der Waals surface area contributed by atoms with Crippen molar-refractivity contribution in [2.45, 2.75) is 25.7 Å². The van der Waals surface area contributed by atoms with E-state index in [1.54, 1.807) is 12.5 Å². The number of anilines is 2. The van der Waals surface area contributed by atoms with E-state index >= 15 is 0 Å². The van der Waals surface area contributed by atoms with E-state index in [1.165, 1.54) is 0 Å². The molecule has 3 heterocycles. The molecule has 1 amide bonds. The lowest BCUT2D eigenvalue weighted by atomic mass is 9.98. The molecule has 1 aliphatic heterocycles. The lowest BCUT2D eigenvalue weighted by Crippen LogP contribution is -2.35. The van der Waals surface area contributed by atoms with Crippen molar-refractivity contribution < 1.29 is 14.3 Å². The molecular formula is C18H23N3O3. The van der Waals surface area contributed by atoms with Crippen LogP contribution in [-0.2, 0) is 11.2 Å². The zero-order chi connectivity index (χ0) is 16.8. The lowest BCUT2D eigenvalue weighted by Gasteiger charge is -2.33. The Hall–Kier alpha value is -2.34. The van der Waals surface area contributed by atoms with Crippen LogP contribution in [0.15, 0.2) is 41.1 Å². The average molecular weight is 329 g/mol. The number of carbonyl (C=O) groups excluding carboxylic acids is 1. The molecule has 0 radical (unpaired) electrons. The number of nitrogens with one attached hydrogen (secondary N) is 1. The predicted octanol–water partition coefficient (Wildman–Crippen LogP) is 2.45. The van der Waals surface area contributed by atoms with Gasteiger partial charge in [0.15, 0.2) is 5.82 Å². The monoisotopic (exact) mass is 329 g/mol. The maximum atomic E-state index is 12.2. The van der Waals surface area contributed by atoms with Crippen molar-refractivity contribution in [3.05, 3.63) is 42.5 Å². The number of hydrogen-bond acceptors (Lipinski definition) is 5. The van der Waals surface area contributed by atoms with Crippen molar-refractivity contribution >= 4 is 17.4 Å². The molecule has 0 unspecified atom stereocenters. The zero-order valence-corrected chi connectivity index (χ0v) is 13.6. The summed E-state index contributed by atoms with van der Waals surface area (Å²) in [6.07, 6.45) is 6.19. The summed E-state index contributed by atoms with van der Waals surface area (Å²) in [6, 6.07) is 7.40. The highest BCUT2D eigenvalue weighted by Crippen LogP contribution is 2.27. The summed E-state index contributed by atoms with van der Waals surface area (Å²) in [5.41, 5.74) is 0.740. The Kier molecular flexibility index (Phi) is 5.48. The highest BCUT2D eigenvalue weighted by Gasteiger charge is 2.21. The zero-order valence-electron chi connectivity index (χ0n) is 13.6. The molecule has 6 nitrogen and oxygen atoms in total. The van der Waals surface area contributed by atoms with Crippen molar-refractivity contribution in [1.82, 2.24) is 4.98 Å². The number of piperidine rings is 1. The summed E-state index contributed by atoms with van der Waals surface area (Å²) >= 11 is 0. The average Bonchev–Trinajstić information content (AvgIpc) is 3.14. The molecule has 24 heavy (non-hydrogen) atoms. The lowest BCUT2D eigenvalue weighted by molar-refractivity contribution is -0.116. The fourth-order valence-corrected chi connectivity index (χ4v) is 2.98. The summed E-state index contributed by atoms with van der Waals surface area (Å²) < 4.78 is 5.25. The second-order valence-electron chi connectivity index (χ2n) is 6.12. The summed E-state index contributed by atoms with van der Waals surface area (Å²) in [5.74, 6) is 1.94. The Labute approximate surface area is 141 Å². The number of aliphatic hydroxyl groups excluding tert-OH is 1. The first-order valence-electron chi connectivity index (χ1n) is 8.39. The third-order valence-corrected chi connectivity index (χ3v) is 4.41. The van der Waals surface area contributed by atoms with E-state index in [1.807, 2.05) is 24.3 Å². The van der Waals surface area contributed by atoms with Crippen LogP contribution in [0.3, 0.4) is 0 Å². The smallest absolute Gasteiger partial charge is 0.224 e. The first-order chi connectivity index (χ1) is 11.8. The van der Waals surface area contributed by atoms with Gasteiger partial charge in [0, 0.05) is 38.7 Å². The van der Waals surface area contributed by atoms with Crippen molar-refractivity contribution in [3.8, 4) is 0 Å². The van der Waals surface area contributed by atoms with Crippen molar-refractivity contribution in [2.75, 3.05) is 29.9 Å². The molecule has 2 N–H and O–H groups in total. The summed E-state index contributed by atoms with van der Waals surface area (Å²) in [7, 11) is 0. The largest absolute Gasteiger partial charge is 0.469 e. The number of rotatable bonds is 6. The molecule has 2 aromatic heterocycles. The highest BCUT2D eigenvalue weighted by molar-refractivity contribution is 5.93. The third-order valence-electron chi connectivity index (χ3n) is 4.41. The molecule has 0 bridgehead atoms. The van der Waals surface area contributed by atoms with Gasteiger partial charge in [-0.15, -0.1) is 0 Å². The van der Waals surface area contributed by atoms with Crippen LogP contribution in [0.25, 0.3) is 0 Å². The molecule has 1 fully saturated rings. The van der Waals surface area contributed by atoms with E-state index < -0.39 is 0 Å². The van der Waals surface area contributed by atoms with Gasteiger partial charge in [-0.1, -0.05) is 0 Å². The molecule has 1 saturated heterocycles. The molecular weight excluding hydrogens is 306 g/mol. The van der Waals surface area contributed by atoms with Crippen LogP contribution in [0, 0.1) is 5.92 Å². The third kappa shape index (κ3) is 4.14. The fraction of sp³-hybridized carbons (Fsp3) is 0.444. The van der Waals surface area contributed by atoms with Crippen LogP contribution < -0.4 is 10.2 Å². The normalized spacial score (nSPS) is 15.5. The number of carbonyl (C=O) groups is 1. The molecule has 0 aliphatic carbocycles. The van der Waals surface area contributed by atoms with E-state index in [0.717, 1.165) is 43.2 Å². The van der Waals surface area contributed by atoms with Gasteiger partial charge in [0.2, 0.25) is 5.91 Å². The minimum absolute atomic E-state index is 0.0501. The number of pyridine rings is 1. The van der Waals surface area contributed by atoms with Gasteiger partial charge in [0.25, 0.3) is 0 Å². The molecule has 0 saturated carbocycles. The maximum absolute atomic E-state index is 12.2. The van der Waals surface area contributed by atoms with Gasteiger partial charge in [-0.05, 0) is 43.0 Å². The molecule has 3 rings (SSSR count). The Morgan fingerprint density at radius 1 is 1.33 bits per heavy atom. The molecule has 2 aromatic rings. The first kappa shape index (κ1) is 16.5. The number of amides is 1. The van der Waals surface area contributed by atoms with Gasteiger partial charge < -0.3 is 19.7 Å². The maximum Gasteiger partial charge on any atom is 0.224 e. The van der Waals surface area contributed by atoms with E-state index in [4.69, 9.17) is 4.42 Å². The first-order valence-corrected chi connectivity index (χ1v) is 8.39. The van der Waals surface area contributed by atoms with Crippen LogP contribution in [0.5, 0.6) is 0 Å². The van der Waals surface area contributed by atoms with Gasteiger partial charge in [-0.25, -0.2) is 4.98 Å². The predicted molar refractivity (Wildman–Crippen MR) is 91.9 cm³/mol. The molecule has 6 heteroatoms. The van der Waals surface area contributed by atoms with Crippen molar-refractivity contribution in [2.24, 2.45) is 5.92 Å². The second-order valence-corrected chi connectivity index (χ2v) is 6.12. The second kappa shape index (κ2) is 7.97. The van der Waals surface area contributed by atoms with Crippen molar-refractivity contribution in [3.63, 3.8) is 0 Å². The van der Waals surface area contributed by atoms with Crippen molar-refractivity contribution in [1.29, 1.82) is 0 Å². The number of aryl methyl sites for hydroxylation is 1. The van der Waals surface area contributed by atoms with Gasteiger partial charge in [0.05, 0.1) is 12.0 Å². The molecule has 1 aliphatic rings. The van der Waals surface area contributed by atoms with E-state index in [2.05, 4.69) is 15.2 Å². The van der Waals surface area contributed by atoms with Crippen LogP contribution in [0.2, 0.25) is 0 Å². The number of hydrogen-bond donors (Lipinski definition) is 2. The summed E-state index contributed by atoms with van der Waals surface area (Å²) in [6.45, 7) is 1.93. The summed E-state index contributed by atoms with van der Waals surface area (Å²) in [4.78, 5) is 18.8.